The molecule has 6 heteroatoms. The van der Waals surface area contributed by atoms with Gasteiger partial charge in [-0.2, -0.15) is 0 Å². The van der Waals surface area contributed by atoms with Gasteiger partial charge in [-0.1, -0.05) is 13.8 Å². The van der Waals surface area contributed by atoms with Gasteiger partial charge in [0.05, 0.1) is 24.0 Å². The normalized spacial score (nSPS) is 38.1. The summed E-state index contributed by atoms with van der Waals surface area (Å²) in [6.45, 7) is 4.19. The minimum atomic E-state index is -0.842. The van der Waals surface area contributed by atoms with Crippen LogP contribution in [0, 0.1) is 23.7 Å². The molecular weight excluding hydrogens is 416 g/mol. The second-order valence-electron chi connectivity index (χ2n) is 9.06. The number of carbonyl (C=O) groups excluding carboxylic acids is 2. The van der Waals surface area contributed by atoms with Crippen molar-refractivity contribution in [1.82, 2.24) is 0 Å². The topological polar surface area (TPSA) is 74.6 Å². The monoisotopic (exact) mass is 444 g/mol. The van der Waals surface area contributed by atoms with Gasteiger partial charge in [0.1, 0.15) is 11.6 Å². The lowest BCUT2D eigenvalue weighted by atomic mass is 9.67. The number of fused-ring (bicyclic) bond motifs is 2. The highest BCUT2D eigenvalue weighted by Crippen LogP contribution is 2.56. The Morgan fingerprint density at radius 2 is 1.17 bits per heavy atom. The Balaban J connectivity index is 1.42. The number of ketones is 2. The smallest absolute Gasteiger partial charge is 0.147 e. The Morgan fingerprint density at radius 3 is 1.50 bits per heavy atom. The number of aliphatic hydroxyl groups is 2. The highest BCUT2D eigenvalue weighted by Gasteiger charge is 2.62. The van der Waals surface area contributed by atoms with Crippen molar-refractivity contribution < 1.29 is 19.8 Å². The van der Waals surface area contributed by atoms with E-state index in [9.17, 15) is 19.8 Å². The lowest BCUT2D eigenvalue weighted by Gasteiger charge is -2.41. The Kier molecular flexibility index (Phi) is 5.25. The molecule has 2 heterocycles. The number of carbonyl (C=O) groups is 2. The number of hydrogen-bond acceptors (Lipinski definition) is 6. The molecular formula is C24H28O4S2. The van der Waals surface area contributed by atoms with Crippen molar-refractivity contribution in [3.05, 3.63) is 43.8 Å². The van der Waals surface area contributed by atoms with Crippen molar-refractivity contribution in [1.29, 1.82) is 0 Å². The van der Waals surface area contributed by atoms with Gasteiger partial charge >= 0.3 is 0 Å². The van der Waals surface area contributed by atoms with E-state index in [0.29, 0.717) is 12.8 Å². The van der Waals surface area contributed by atoms with Gasteiger partial charge in [-0.05, 0) is 61.8 Å². The molecule has 8 unspecified atom stereocenters. The fraction of sp³-hybridized carbons (Fsp3) is 0.583. The number of aryl methyl sites for hydroxylation is 2. The third kappa shape index (κ3) is 2.99. The van der Waals surface area contributed by atoms with E-state index in [1.54, 1.807) is 22.7 Å². The van der Waals surface area contributed by atoms with Crippen LogP contribution >= 0.6 is 22.7 Å². The van der Waals surface area contributed by atoms with Crippen molar-refractivity contribution in [2.45, 2.75) is 63.6 Å². The number of aliphatic hydroxyl groups excluding tert-OH is 2. The van der Waals surface area contributed by atoms with Gasteiger partial charge in [0.2, 0.25) is 0 Å². The maximum Gasteiger partial charge on any atom is 0.147 e. The van der Waals surface area contributed by atoms with Crippen LogP contribution < -0.4 is 0 Å². The van der Waals surface area contributed by atoms with E-state index in [2.05, 4.69) is 26.0 Å². The SMILES string of the molecule is CCc1ccc(C2CC3C(O)C4C(=O)C(c5ccc(CC)s5)CC4C(O)C3C2=O)s1. The molecule has 3 saturated carbocycles. The van der Waals surface area contributed by atoms with E-state index >= 15 is 0 Å². The Bertz CT molecular complexity index is 897. The van der Waals surface area contributed by atoms with Gasteiger partial charge in [0.25, 0.3) is 0 Å². The minimum absolute atomic E-state index is 0.0507. The quantitative estimate of drug-likeness (QED) is 0.749. The van der Waals surface area contributed by atoms with Gasteiger partial charge in [0.15, 0.2) is 0 Å². The van der Waals surface area contributed by atoms with Gasteiger partial charge in [-0.25, -0.2) is 0 Å². The standard InChI is InChI=1S/C24H28O4S2/c1-3-11-5-7-17(29-11)13-9-15-19(21(13)25)24(28)16-10-14(22(26)20(16)23(15)27)18-8-6-12(4-2)30-18/h5-8,13-16,19-20,23-24,27-28H,3-4,9-10H2,1-2H3. The van der Waals surface area contributed by atoms with Crippen LogP contribution in [0.25, 0.3) is 0 Å². The van der Waals surface area contributed by atoms with E-state index in [-0.39, 0.29) is 35.2 Å². The van der Waals surface area contributed by atoms with Crippen LogP contribution in [0.1, 0.15) is 58.0 Å². The number of rotatable bonds is 4. The predicted octanol–water partition coefficient (Wildman–Crippen LogP) is 3.95. The van der Waals surface area contributed by atoms with E-state index in [1.165, 1.54) is 9.75 Å². The Labute approximate surface area is 185 Å². The van der Waals surface area contributed by atoms with Crippen molar-refractivity contribution in [3.63, 3.8) is 0 Å². The zero-order valence-electron chi connectivity index (χ0n) is 17.3. The molecule has 2 aromatic rings. The number of Topliss-reactive ketones (excluding diaryl/α,β-unsaturated/α-hetero) is 2. The fourth-order valence-electron chi connectivity index (χ4n) is 6.09. The molecule has 30 heavy (non-hydrogen) atoms. The summed E-state index contributed by atoms with van der Waals surface area (Å²) >= 11 is 3.31. The van der Waals surface area contributed by atoms with Crippen LogP contribution in [0.3, 0.4) is 0 Å². The summed E-state index contributed by atoms with van der Waals surface area (Å²) in [5.41, 5.74) is 0. The second kappa shape index (κ2) is 7.66. The number of hydrogen-bond donors (Lipinski definition) is 2. The van der Waals surface area contributed by atoms with Crippen LogP contribution in [0.5, 0.6) is 0 Å². The molecule has 0 bridgehead atoms. The summed E-state index contributed by atoms with van der Waals surface area (Å²) < 4.78 is 0. The zero-order chi connectivity index (χ0) is 21.2. The predicted molar refractivity (Wildman–Crippen MR) is 118 cm³/mol. The summed E-state index contributed by atoms with van der Waals surface area (Å²) in [4.78, 5) is 31.2. The zero-order valence-corrected chi connectivity index (χ0v) is 18.9. The molecule has 4 nitrogen and oxygen atoms in total. The Morgan fingerprint density at radius 1 is 0.767 bits per heavy atom. The van der Waals surface area contributed by atoms with Crippen LogP contribution in [-0.2, 0) is 22.4 Å². The highest BCUT2D eigenvalue weighted by atomic mass is 32.1. The van der Waals surface area contributed by atoms with E-state index in [1.807, 2.05) is 12.1 Å². The van der Waals surface area contributed by atoms with Crippen molar-refractivity contribution in [2.24, 2.45) is 23.7 Å². The van der Waals surface area contributed by atoms with Gasteiger partial charge in [-0.3, -0.25) is 9.59 Å². The second-order valence-corrected chi connectivity index (χ2v) is 11.5. The molecule has 2 N–H and O–H groups in total. The molecule has 0 amide bonds. The third-order valence-corrected chi connectivity index (χ3v) is 10.3. The lowest BCUT2D eigenvalue weighted by molar-refractivity contribution is -0.147. The molecule has 8 atom stereocenters. The van der Waals surface area contributed by atoms with Crippen LogP contribution in [0.2, 0.25) is 0 Å². The first kappa shape index (κ1) is 20.6. The summed E-state index contributed by atoms with van der Waals surface area (Å²) in [5.74, 6) is -2.19. The average molecular weight is 445 g/mol. The first-order chi connectivity index (χ1) is 14.4. The molecule has 0 aliphatic heterocycles. The Hall–Kier alpha value is -1.34. The summed E-state index contributed by atoms with van der Waals surface area (Å²) in [6.07, 6.45) is 1.26. The maximum atomic E-state index is 13.3. The third-order valence-electron chi connectivity index (χ3n) is 7.64. The van der Waals surface area contributed by atoms with E-state index in [4.69, 9.17) is 0 Å². The lowest BCUT2D eigenvalue weighted by Crippen LogP contribution is -2.52. The first-order valence-corrected chi connectivity index (χ1v) is 12.7. The molecule has 160 valence electrons. The molecule has 3 aliphatic rings. The molecule has 0 spiro atoms. The molecule has 0 aromatic carbocycles. The van der Waals surface area contributed by atoms with Crippen LogP contribution in [0.15, 0.2) is 24.3 Å². The van der Waals surface area contributed by atoms with Crippen LogP contribution in [-0.4, -0.2) is 34.0 Å². The van der Waals surface area contributed by atoms with Crippen LogP contribution in [0.4, 0.5) is 0 Å². The first-order valence-electron chi connectivity index (χ1n) is 11.0. The summed E-state index contributed by atoms with van der Waals surface area (Å²) in [6, 6.07) is 8.17. The van der Waals surface area contributed by atoms with Crippen molar-refractivity contribution >= 4 is 34.2 Å². The van der Waals surface area contributed by atoms with Gasteiger partial charge in [0, 0.05) is 31.3 Å². The van der Waals surface area contributed by atoms with Crippen molar-refractivity contribution in [3.8, 4) is 0 Å². The summed E-state index contributed by atoms with van der Waals surface area (Å²) in [5, 5.41) is 22.4. The highest BCUT2D eigenvalue weighted by molar-refractivity contribution is 7.12. The molecule has 3 fully saturated rings. The number of thiophene rings is 2. The van der Waals surface area contributed by atoms with E-state index < -0.39 is 24.0 Å². The maximum absolute atomic E-state index is 13.3. The molecule has 5 rings (SSSR count). The largest absolute Gasteiger partial charge is 0.392 e. The molecule has 3 aliphatic carbocycles. The van der Waals surface area contributed by atoms with Gasteiger partial charge in [-0.15, -0.1) is 22.7 Å². The minimum Gasteiger partial charge on any atom is -0.392 e. The van der Waals surface area contributed by atoms with Crippen molar-refractivity contribution in [2.75, 3.05) is 0 Å². The van der Waals surface area contributed by atoms with Gasteiger partial charge < -0.3 is 10.2 Å². The molecule has 0 radical (unpaired) electrons. The molecule has 2 aromatic heterocycles. The molecule has 0 saturated heterocycles. The van der Waals surface area contributed by atoms with E-state index in [0.717, 1.165) is 22.6 Å². The summed E-state index contributed by atoms with van der Waals surface area (Å²) in [7, 11) is 0. The average Bonchev–Trinajstić information content (AvgIpc) is 3.50. The fourth-order valence-corrected chi connectivity index (χ4v) is 8.24.